The summed E-state index contributed by atoms with van der Waals surface area (Å²) in [5.41, 5.74) is 7.66. The van der Waals surface area contributed by atoms with Crippen LogP contribution in [0.2, 0.25) is 0 Å². The Hall–Kier alpha value is -1.07. The largest absolute Gasteiger partial charge is 0.493 e. The average molecular weight is 294 g/mol. The molecule has 0 amide bonds. The summed E-state index contributed by atoms with van der Waals surface area (Å²) in [7, 11) is 5.85. The van der Waals surface area contributed by atoms with E-state index in [4.69, 9.17) is 10.5 Å². The highest BCUT2D eigenvalue weighted by Crippen LogP contribution is 2.38. The predicted octanol–water partition coefficient (Wildman–Crippen LogP) is 2.28. The van der Waals surface area contributed by atoms with Crippen LogP contribution in [-0.4, -0.2) is 42.4 Å². The summed E-state index contributed by atoms with van der Waals surface area (Å²) >= 11 is 0. The van der Waals surface area contributed by atoms with Gasteiger partial charge in [-0.15, -0.1) is 0 Å². The van der Waals surface area contributed by atoms with Gasteiger partial charge >= 0.3 is 0 Å². The molecule has 5 heteroatoms. The third-order valence-corrected chi connectivity index (χ3v) is 4.71. The van der Waals surface area contributed by atoms with Crippen molar-refractivity contribution in [1.29, 1.82) is 0 Å². The van der Waals surface area contributed by atoms with Crippen LogP contribution in [-0.2, 0) is 6.54 Å². The Bertz CT molecular complexity index is 435. The second kappa shape index (κ2) is 7.27. The minimum atomic E-state index is 0.0251. The first-order chi connectivity index (χ1) is 10.0. The van der Waals surface area contributed by atoms with Crippen molar-refractivity contribution in [3.05, 3.63) is 11.9 Å². The second-order valence-electron chi connectivity index (χ2n) is 6.67. The van der Waals surface area contributed by atoms with Crippen LogP contribution in [0.5, 0.6) is 5.75 Å². The van der Waals surface area contributed by atoms with E-state index in [1.165, 1.54) is 25.7 Å². The Labute approximate surface area is 128 Å². The summed E-state index contributed by atoms with van der Waals surface area (Å²) in [4.78, 5) is 2.16. The van der Waals surface area contributed by atoms with E-state index in [0.29, 0.717) is 5.92 Å². The molecule has 2 rings (SSSR count). The summed E-state index contributed by atoms with van der Waals surface area (Å²) in [5.74, 6) is 2.22. The lowest BCUT2D eigenvalue weighted by Crippen LogP contribution is -2.29. The van der Waals surface area contributed by atoms with Crippen LogP contribution < -0.4 is 10.5 Å². The van der Waals surface area contributed by atoms with Crippen LogP contribution >= 0.6 is 0 Å². The third kappa shape index (κ3) is 3.98. The van der Waals surface area contributed by atoms with Gasteiger partial charge in [-0.1, -0.05) is 19.8 Å². The molecule has 1 aromatic rings. The number of methoxy groups -OCH3 is 1. The standard InChI is InChI=1S/C16H30N4O/c1-12-5-7-13(8-6-12)15(17)16-14(21-4)11-18-20(16)10-9-19(2)3/h11-13,15H,5-10,17H2,1-4H3. The highest BCUT2D eigenvalue weighted by Gasteiger charge is 2.29. The number of ether oxygens (including phenoxy) is 1. The first kappa shape index (κ1) is 16.3. The molecule has 0 radical (unpaired) electrons. The smallest absolute Gasteiger partial charge is 0.161 e. The van der Waals surface area contributed by atoms with E-state index in [9.17, 15) is 0 Å². The molecule has 0 aromatic carbocycles. The molecule has 0 spiro atoms. The van der Waals surface area contributed by atoms with Crippen LogP contribution in [0.1, 0.15) is 44.3 Å². The van der Waals surface area contributed by atoms with Gasteiger partial charge < -0.3 is 15.4 Å². The highest BCUT2D eigenvalue weighted by atomic mass is 16.5. The molecule has 1 fully saturated rings. The zero-order valence-corrected chi connectivity index (χ0v) is 13.9. The molecule has 0 bridgehead atoms. The van der Waals surface area contributed by atoms with Gasteiger partial charge in [-0.25, -0.2) is 0 Å². The Balaban J connectivity index is 2.13. The predicted molar refractivity (Wildman–Crippen MR) is 85.4 cm³/mol. The molecule has 21 heavy (non-hydrogen) atoms. The fraction of sp³-hybridized carbons (Fsp3) is 0.812. The molecule has 0 aliphatic heterocycles. The average Bonchev–Trinajstić information content (AvgIpc) is 2.88. The number of hydrogen-bond donors (Lipinski definition) is 1. The van der Waals surface area contributed by atoms with Crippen LogP contribution in [0, 0.1) is 11.8 Å². The van der Waals surface area contributed by atoms with E-state index < -0.39 is 0 Å². The molecule has 120 valence electrons. The fourth-order valence-corrected chi connectivity index (χ4v) is 3.21. The lowest BCUT2D eigenvalue weighted by Gasteiger charge is -2.31. The highest BCUT2D eigenvalue weighted by molar-refractivity contribution is 5.28. The third-order valence-electron chi connectivity index (χ3n) is 4.71. The molecule has 1 atom stereocenters. The minimum Gasteiger partial charge on any atom is -0.493 e. The topological polar surface area (TPSA) is 56.3 Å². The van der Waals surface area contributed by atoms with Gasteiger partial charge in [-0.3, -0.25) is 4.68 Å². The Morgan fingerprint density at radius 1 is 1.38 bits per heavy atom. The molecule has 1 aliphatic carbocycles. The molecule has 0 saturated heterocycles. The number of likely N-dealkylation sites (N-methyl/N-ethyl adjacent to an activating group) is 1. The van der Waals surface area contributed by atoms with E-state index in [2.05, 4.69) is 31.0 Å². The molecule has 1 saturated carbocycles. The van der Waals surface area contributed by atoms with Gasteiger partial charge in [-0.05, 0) is 38.8 Å². The van der Waals surface area contributed by atoms with Crippen molar-refractivity contribution in [1.82, 2.24) is 14.7 Å². The van der Waals surface area contributed by atoms with E-state index in [1.807, 2.05) is 4.68 Å². The van der Waals surface area contributed by atoms with E-state index in [1.54, 1.807) is 13.3 Å². The summed E-state index contributed by atoms with van der Waals surface area (Å²) < 4.78 is 7.52. The van der Waals surface area contributed by atoms with Crippen molar-refractivity contribution >= 4 is 0 Å². The molecule has 1 aromatic heterocycles. The maximum atomic E-state index is 6.59. The van der Waals surface area contributed by atoms with Gasteiger partial charge in [0.1, 0.15) is 0 Å². The maximum Gasteiger partial charge on any atom is 0.161 e. The Kier molecular flexibility index (Phi) is 5.65. The van der Waals surface area contributed by atoms with E-state index >= 15 is 0 Å². The monoisotopic (exact) mass is 294 g/mol. The maximum absolute atomic E-state index is 6.59. The van der Waals surface area contributed by atoms with Crippen molar-refractivity contribution in [2.45, 2.75) is 45.2 Å². The van der Waals surface area contributed by atoms with Gasteiger partial charge in [0, 0.05) is 6.54 Å². The summed E-state index contributed by atoms with van der Waals surface area (Å²) in [5, 5.41) is 4.47. The minimum absolute atomic E-state index is 0.0251. The molecule has 1 heterocycles. The lowest BCUT2D eigenvalue weighted by atomic mass is 9.78. The van der Waals surface area contributed by atoms with Crippen LogP contribution in [0.25, 0.3) is 0 Å². The molecular weight excluding hydrogens is 264 g/mol. The van der Waals surface area contributed by atoms with E-state index in [-0.39, 0.29) is 6.04 Å². The Morgan fingerprint density at radius 3 is 2.62 bits per heavy atom. The van der Waals surface area contributed by atoms with Crippen LogP contribution in [0.15, 0.2) is 6.20 Å². The van der Waals surface area contributed by atoms with Crippen molar-refractivity contribution in [3.8, 4) is 5.75 Å². The normalized spacial score (nSPS) is 24.3. The van der Waals surface area contributed by atoms with Crippen molar-refractivity contribution in [2.24, 2.45) is 17.6 Å². The number of aromatic nitrogens is 2. The van der Waals surface area contributed by atoms with Crippen molar-refractivity contribution < 1.29 is 4.74 Å². The molecule has 1 aliphatic rings. The number of nitrogens with two attached hydrogens (primary N) is 1. The van der Waals surface area contributed by atoms with E-state index in [0.717, 1.165) is 30.5 Å². The summed E-state index contributed by atoms with van der Waals surface area (Å²) in [6, 6.07) is 0.0251. The molecule has 1 unspecified atom stereocenters. The summed E-state index contributed by atoms with van der Waals surface area (Å²) in [6.07, 6.45) is 6.80. The Morgan fingerprint density at radius 2 is 2.05 bits per heavy atom. The van der Waals surface area contributed by atoms with Crippen LogP contribution in [0.4, 0.5) is 0 Å². The quantitative estimate of drug-likeness (QED) is 0.874. The molecule has 5 nitrogen and oxygen atoms in total. The van der Waals surface area contributed by atoms with Gasteiger partial charge in [0.05, 0.1) is 31.6 Å². The number of rotatable bonds is 6. The van der Waals surface area contributed by atoms with Gasteiger partial charge in [0.25, 0.3) is 0 Å². The van der Waals surface area contributed by atoms with Crippen molar-refractivity contribution in [3.63, 3.8) is 0 Å². The first-order valence-corrected chi connectivity index (χ1v) is 8.03. The van der Waals surface area contributed by atoms with Gasteiger partial charge in [0.15, 0.2) is 5.75 Å². The SMILES string of the molecule is COc1cnn(CCN(C)C)c1C(N)C1CCC(C)CC1. The number of nitrogens with zero attached hydrogens (tertiary/aromatic N) is 3. The van der Waals surface area contributed by atoms with Crippen molar-refractivity contribution in [2.75, 3.05) is 27.7 Å². The zero-order chi connectivity index (χ0) is 15.4. The summed E-state index contributed by atoms with van der Waals surface area (Å²) in [6.45, 7) is 4.14. The molecular formula is C16H30N4O. The van der Waals surface area contributed by atoms with Gasteiger partial charge in [-0.2, -0.15) is 5.10 Å². The second-order valence-corrected chi connectivity index (χ2v) is 6.67. The molecule has 2 N–H and O–H groups in total. The van der Waals surface area contributed by atoms with Crippen LogP contribution in [0.3, 0.4) is 0 Å². The van der Waals surface area contributed by atoms with Gasteiger partial charge in [0.2, 0.25) is 0 Å². The first-order valence-electron chi connectivity index (χ1n) is 8.03. The fourth-order valence-electron chi connectivity index (χ4n) is 3.21. The zero-order valence-electron chi connectivity index (χ0n) is 13.9. The lowest BCUT2D eigenvalue weighted by molar-refractivity contribution is 0.244. The number of hydrogen-bond acceptors (Lipinski definition) is 4.